The Kier molecular flexibility index (Phi) is 6.15. The minimum Gasteiger partial charge on any atom is -0.508 e. The molecule has 0 unspecified atom stereocenters. The van der Waals surface area contributed by atoms with E-state index in [1.807, 2.05) is 0 Å². The maximum atomic E-state index is 13.4. The van der Waals surface area contributed by atoms with Crippen molar-refractivity contribution < 1.29 is 23.8 Å². The van der Waals surface area contributed by atoms with Crippen LogP contribution in [-0.2, 0) is 9.53 Å². The zero-order valence-electron chi connectivity index (χ0n) is 14.0. The number of carbonyl (C=O) groups excluding carboxylic acids is 1. The van der Waals surface area contributed by atoms with Gasteiger partial charge < -0.3 is 26.0 Å². The molecule has 0 atom stereocenters. The summed E-state index contributed by atoms with van der Waals surface area (Å²) in [4.78, 5) is 15.9. The smallest absolute Gasteiger partial charge is 0.359 e. The van der Waals surface area contributed by atoms with Crippen LogP contribution in [-0.4, -0.2) is 23.5 Å². The van der Waals surface area contributed by atoms with Crippen LogP contribution in [0.2, 0.25) is 0 Å². The summed E-state index contributed by atoms with van der Waals surface area (Å²) in [6.45, 7) is 1.73. The van der Waals surface area contributed by atoms with E-state index in [0.29, 0.717) is 0 Å². The fourth-order valence-electron chi connectivity index (χ4n) is 1.88. The molecule has 0 aliphatic rings. The third-order valence-electron chi connectivity index (χ3n) is 3.12. The van der Waals surface area contributed by atoms with E-state index < -0.39 is 17.5 Å². The van der Waals surface area contributed by atoms with Crippen molar-refractivity contribution >= 4 is 11.8 Å². The van der Waals surface area contributed by atoms with Crippen LogP contribution in [0.15, 0.2) is 65.1 Å². The van der Waals surface area contributed by atoms with E-state index >= 15 is 0 Å². The van der Waals surface area contributed by atoms with Crippen molar-refractivity contribution in [2.24, 2.45) is 16.5 Å². The van der Waals surface area contributed by atoms with E-state index in [2.05, 4.69) is 4.99 Å². The fourth-order valence-corrected chi connectivity index (χ4v) is 1.88. The van der Waals surface area contributed by atoms with Crippen molar-refractivity contribution in [2.75, 3.05) is 6.61 Å². The van der Waals surface area contributed by atoms with E-state index in [-0.39, 0.29) is 35.4 Å². The van der Waals surface area contributed by atoms with Gasteiger partial charge in [0.05, 0.1) is 6.61 Å². The first-order chi connectivity index (χ1) is 12.4. The minimum absolute atomic E-state index is 0.0315. The second-order valence-corrected chi connectivity index (χ2v) is 5.04. The Balaban J connectivity index is 2.42. The van der Waals surface area contributed by atoms with Gasteiger partial charge in [0.25, 0.3) is 5.88 Å². The predicted octanol–water partition coefficient (Wildman–Crippen LogP) is 2.01. The average Bonchev–Trinajstić information content (AvgIpc) is 2.62. The summed E-state index contributed by atoms with van der Waals surface area (Å²) in [5.41, 5.74) is 11.5. The third-order valence-corrected chi connectivity index (χ3v) is 3.12. The normalized spacial score (nSPS) is 12.3. The van der Waals surface area contributed by atoms with E-state index in [1.54, 1.807) is 13.0 Å². The maximum Gasteiger partial charge on any atom is 0.359 e. The molecule has 7 nitrogen and oxygen atoms in total. The van der Waals surface area contributed by atoms with Gasteiger partial charge in [0.2, 0.25) is 0 Å². The Morgan fingerprint density at radius 2 is 1.88 bits per heavy atom. The number of benzene rings is 2. The number of amidine groups is 1. The average molecular weight is 359 g/mol. The fraction of sp³-hybridized carbons (Fsp3) is 0.111. The molecule has 0 saturated carbocycles. The topological polar surface area (TPSA) is 120 Å². The van der Waals surface area contributed by atoms with Crippen molar-refractivity contribution in [2.45, 2.75) is 6.92 Å². The van der Waals surface area contributed by atoms with Gasteiger partial charge in [-0.15, -0.1) is 0 Å². The van der Waals surface area contributed by atoms with E-state index in [4.69, 9.17) is 20.9 Å². The molecular weight excluding hydrogens is 341 g/mol. The molecule has 2 rings (SSSR count). The summed E-state index contributed by atoms with van der Waals surface area (Å²) >= 11 is 0. The van der Waals surface area contributed by atoms with Gasteiger partial charge in [0.1, 0.15) is 23.2 Å². The highest BCUT2D eigenvalue weighted by atomic mass is 19.1. The molecule has 5 N–H and O–H groups in total. The van der Waals surface area contributed by atoms with Gasteiger partial charge in [-0.1, -0.05) is 12.1 Å². The van der Waals surface area contributed by atoms with E-state index in [1.165, 1.54) is 42.5 Å². The van der Waals surface area contributed by atoms with Crippen LogP contribution in [0.25, 0.3) is 0 Å². The molecule has 136 valence electrons. The number of phenolic OH excluding ortho intramolecular Hbond substituents is 1. The number of rotatable bonds is 6. The first-order valence-electron chi connectivity index (χ1n) is 7.64. The molecule has 8 heteroatoms. The molecule has 0 radical (unpaired) electrons. The largest absolute Gasteiger partial charge is 0.508 e. The monoisotopic (exact) mass is 359 g/mol. The number of hydrogen-bond acceptors (Lipinski definition) is 6. The highest BCUT2D eigenvalue weighted by Gasteiger charge is 2.16. The lowest BCUT2D eigenvalue weighted by atomic mass is 10.2. The number of esters is 1. The summed E-state index contributed by atoms with van der Waals surface area (Å²) in [6, 6.07) is 11.1. The predicted molar refractivity (Wildman–Crippen MR) is 93.7 cm³/mol. The first kappa shape index (κ1) is 18.8. The molecule has 0 spiro atoms. The molecule has 0 aliphatic carbocycles. The number of halogens is 1. The zero-order chi connectivity index (χ0) is 19.1. The van der Waals surface area contributed by atoms with Crippen LogP contribution in [0, 0.1) is 5.82 Å². The lowest BCUT2D eigenvalue weighted by molar-refractivity contribution is -0.138. The van der Waals surface area contributed by atoms with Gasteiger partial charge in [-0.3, -0.25) is 0 Å². The number of ether oxygens (including phenoxy) is 2. The Hall–Kier alpha value is -3.55. The Morgan fingerprint density at radius 1 is 1.19 bits per heavy atom. The standard InChI is InChI=1S/C18H18FN3O4/c1-2-25-18(24)15(20)17(26-14-8-6-13(23)7-9-14)22-16(21)11-4-3-5-12(19)10-11/h3-10,23H,2,20H2,1H3,(H2,21,22)/b17-15+. The summed E-state index contributed by atoms with van der Waals surface area (Å²) < 4.78 is 23.7. The second kappa shape index (κ2) is 8.52. The molecule has 0 fully saturated rings. The van der Waals surface area contributed by atoms with Gasteiger partial charge in [0, 0.05) is 5.56 Å². The number of hydrogen-bond donors (Lipinski definition) is 3. The van der Waals surface area contributed by atoms with Gasteiger partial charge >= 0.3 is 5.97 Å². The SMILES string of the molecule is CCOC(=O)/C(N)=C(/N=C(\N)c1cccc(F)c1)Oc1ccc(O)cc1. The summed E-state index contributed by atoms with van der Waals surface area (Å²) in [6.07, 6.45) is 0. The number of carbonyl (C=O) groups is 1. The van der Waals surface area contributed by atoms with Crippen LogP contribution in [0.5, 0.6) is 11.5 Å². The van der Waals surface area contributed by atoms with Crippen LogP contribution >= 0.6 is 0 Å². The molecule has 2 aromatic rings. The van der Waals surface area contributed by atoms with E-state index in [9.17, 15) is 14.3 Å². The van der Waals surface area contributed by atoms with Gasteiger partial charge in [-0.2, -0.15) is 4.99 Å². The Labute approximate surface area is 149 Å². The molecular formula is C18H18FN3O4. The molecule has 0 saturated heterocycles. The lowest BCUT2D eigenvalue weighted by Gasteiger charge is -2.11. The van der Waals surface area contributed by atoms with Crippen molar-refractivity contribution in [3.8, 4) is 11.5 Å². The Morgan fingerprint density at radius 3 is 2.50 bits per heavy atom. The maximum absolute atomic E-state index is 13.4. The van der Waals surface area contributed by atoms with Crippen LogP contribution in [0.4, 0.5) is 4.39 Å². The molecule has 0 aromatic heterocycles. The second-order valence-electron chi connectivity index (χ2n) is 5.04. The van der Waals surface area contributed by atoms with Crippen LogP contribution in [0.1, 0.15) is 12.5 Å². The zero-order valence-corrected chi connectivity index (χ0v) is 14.0. The molecule has 2 aromatic carbocycles. The minimum atomic E-state index is -0.836. The van der Waals surface area contributed by atoms with Crippen molar-refractivity contribution in [3.63, 3.8) is 0 Å². The molecule has 0 aliphatic heterocycles. The van der Waals surface area contributed by atoms with Crippen LogP contribution < -0.4 is 16.2 Å². The quantitative estimate of drug-likeness (QED) is 0.239. The van der Waals surface area contributed by atoms with Gasteiger partial charge in [0.15, 0.2) is 5.70 Å². The summed E-state index contributed by atoms with van der Waals surface area (Å²) in [5, 5.41) is 9.33. The van der Waals surface area contributed by atoms with Gasteiger partial charge in [-0.05, 0) is 43.3 Å². The summed E-state index contributed by atoms with van der Waals surface area (Å²) in [7, 11) is 0. The van der Waals surface area contributed by atoms with Crippen molar-refractivity contribution in [1.29, 1.82) is 0 Å². The first-order valence-corrected chi connectivity index (χ1v) is 7.64. The van der Waals surface area contributed by atoms with Crippen molar-refractivity contribution in [3.05, 3.63) is 71.5 Å². The van der Waals surface area contributed by atoms with Gasteiger partial charge in [-0.25, -0.2) is 9.18 Å². The number of phenols is 1. The summed E-state index contributed by atoms with van der Waals surface area (Å²) in [5.74, 6) is -1.47. The van der Waals surface area contributed by atoms with Crippen LogP contribution in [0.3, 0.4) is 0 Å². The van der Waals surface area contributed by atoms with E-state index in [0.717, 1.165) is 0 Å². The third kappa shape index (κ3) is 4.97. The number of nitrogens with two attached hydrogens (primary N) is 2. The molecule has 0 heterocycles. The molecule has 0 amide bonds. The number of aliphatic imine (C=N–C) groups is 1. The highest BCUT2D eigenvalue weighted by Crippen LogP contribution is 2.20. The Bertz CT molecular complexity index is 848. The highest BCUT2D eigenvalue weighted by molar-refractivity contribution is 5.98. The lowest BCUT2D eigenvalue weighted by Crippen LogP contribution is -2.21. The van der Waals surface area contributed by atoms with Crippen molar-refractivity contribution in [1.82, 2.24) is 0 Å². The molecule has 26 heavy (non-hydrogen) atoms. The number of nitrogens with zero attached hydrogens (tertiary/aromatic N) is 1. The number of aromatic hydroxyl groups is 1. The molecule has 0 bridgehead atoms.